The Kier molecular flexibility index (Phi) is 4.64. The van der Waals surface area contributed by atoms with Gasteiger partial charge in [-0.15, -0.1) is 0 Å². The molecule has 0 amide bonds. The summed E-state index contributed by atoms with van der Waals surface area (Å²) in [6.45, 7) is 2.76. The molecule has 1 N–H and O–H groups in total. The molecule has 7 heteroatoms. The van der Waals surface area contributed by atoms with Crippen LogP contribution in [0, 0.1) is 18.3 Å². The molecule has 0 saturated carbocycles. The van der Waals surface area contributed by atoms with Gasteiger partial charge in [0.05, 0.1) is 23.1 Å². The Morgan fingerprint density at radius 1 is 1.52 bits per heavy atom. The smallest absolute Gasteiger partial charge is 0.240 e. The lowest BCUT2D eigenvalue weighted by molar-refractivity contribution is -0.0120. The largest absolute Gasteiger partial charge is 0.378 e. The highest BCUT2D eigenvalue weighted by Gasteiger charge is 2.36. The third kappa shape index (κ3) is 3.41. The van der Waals surface area contributed by atoms with Gasteiger partial charge in [-0.05, 0) is 30.7 Å². The Morgan fingerprint density at radius 3 is 2.81 bits per heavy atom. The van der Waals surface area contributed by atoms with Crippen LogP contribution in [0.25, 0.3) is 0 Å². The summed E-state index contributed by atoms with van der Waals surface area (Å²) in [5.74, 6) is 0. The highest BCUT2D eigenvalue weighted by molar-refractivity contribution is 7.89. The normalized spacial score (nSPS) is 22.1. The number of sulfonamides is 1. The van der Waals surface area contributed by atoms with Crippen LogP contribution in [-0.2, 0) is 19.5 Å². The Bertz CT molecular complexity index is 658. The molecule has 0 radical (unpaired) electrons. The third-order valence-corrected chi connectivity index (χ3v) is 5.24. The van der Waals surface area contributed by atoms with E-state index in [1.807, 2.05) is 6.07 Å². The molecule has 1 aromatic rings. The van der Waals surface area contributed by atoms with Gasteiger partial charge in [0.25, 0.3) is 0 Å². The first-order valence-electron chi connectivity index (χ1n) is 6.56. The molecule has 0 spiro atoms. The van der Waals surface area contributed by atoms with Crippen LogP contribution in [0.15, 0.2) is 23.1 Å². The van der Waals surface area contributed by atoms with Gasteiger partial charge in [-0.3, -0.25) is 0 Å². The average molecular weight is 310 g/mol. The zero-order valence-corrected chi connectivity index (χ0v) is 12.9. The zero-order chi connectivity index (χ0) is 15.5. The van der Waals surface area contributed by atoms with Crippen molar-refractivity contribution in [2.75, 3.05) is 26.9 Å². The Labute approximate surface area is 124 Å². The van der Waals surface area contributed by atoms with Crippen LogP contribution in [0.3, 0.4) is 0 Å². The van der Waals surface area contributed by atoms with Crippen LogP contribution < -0.4 is 4.72 Å². The summed E-state index contributed by atoms with van der Waals surface area (Å²) >= 11 is 0. The number of hydrogen-bond acceptors (Lipinski definition) is 5. The molecule has 1 saturated heterocycles. The molecule has 1 unspecified atom stereocenters. The Morgan fingerprint density at radius 2 is 2.29 bits per heavy atom. The van der Waals surface area contributed by atoms with E-state index in [4.69, 9.17) is 14.7 Å². The second-order valence-corrected chi connectivity index (χ2v) is 6.84. The van der Waals surface area contributed by atoms with Crippen LogP contribution in [0.2, 0.25) is 0 Å². The maximum Gasteiger partial charge on any atom is 0.240 e. The Balaban J connectivity index is 2.17. The van der Waals surface area contributed by atoms with Crippen LogP contribution in [0.5, 0.6) is 0 Å². The summed E-state index contributed by atoms with van der Waals surface area (Å²) in [5, 5.41) is 8.82. The van der Waals surface area contributed by atoms with E-state index >= 15 is 0 Å². The zero-order valence-electron chi connectivity index (χ0n) is 12.0. The maximum atomic E-state index is 12.4. The van der Waals surface area contributed by atoms with Gasteiger partial charge < -0.3 is 9.47 Å². The molecule has 114 valence electrons. The highest BCUT2D eigenvalue weighted by atomic mass is 32.2. The lowest BCUT2D eigenvalue weighted by Gasteiger charge is -2.26. The summed E-state index contributed by atoms with van der Waals surface area (Å²) in [7, 11) is -2.10. The summed E-state index contributed by atoms with van der Waals surface area (Å²) in [4.78, 5) is 0.173. The number of rotatable bonds is 5. The number of aryl methyl sites for hydroxylation is 1. The van der Waals surface area contributed by atoms with Crippen molar-refractivity contribution in [1.29, 1.82) is 5.26 Å². The molecule has 2 rings (SSSR count). The number of hydrogen-bond donors (Lipinski definition) is 1. The standard InChI is InChI=1S/C14H18N2O4S/c1-11-7-12(8-15)3-4-13(11)21(17,18)16-9-14(19-2)5-6-20-10-14/h3-4,7,16H,5-6,9-10H2,1-2H3. The number of nitrogens with zero attached hydrogens (tertiary/aromatic N) is 1. The molecule has 6 nitrogen and oxygen atoms in total. The monoisotopic (exact) mass is 310 g/mol. The first-order chi connectivity index (χ1) is 9.92. The molecular weight excluding hydrogens is 292 g/mol. The van der Waals surface area contributed by atoms with Crippen molar-refractivity contribution < 1.29 is 17.9 Å². The minimum Gasteiger partial charge on any atom is -0.378 e. The second-order valence-electron chi connectivity index (χ2n) is 5.11. The van der Waals surface area contributed by atoms with Crippen molar-refractivity contribution in [2.45, 2.75) is 23.8 Å². The van der Waals surface area contributed by atoms with Gasteiger partial charge in [-0.1, -0.05) is 0 Å². The van der Waals surface area contributed by atoms with Crippen LogP contribution in [-0.4, -0.2) is 40.9 Å². The van der Waals surface area contributed by atoms with Crippen molar-refractivity contribution in [3.05, 3.63) is 29.3 Å². The molecule has 0 aromatic heterocycles. The number of nitriles is 1. The molecule has 1 atom stereocenters. The van der Waals surface area contributed by atoms with Crippen LogP contribution >= 0.6 is 0 Å². The van der Waals surface area contributed by atoms with Gasteiger partial charge in [0, 0.05) is 26.7 Å². The fourth-order valence-corrected chi connectivity index (χ4v) is 3.62. The molecular formula is C14H18N2O4S. The van der Waals surface area contributed by atoms with Gasteiger partial charge in [0.1, 0.15) is 5.60 Å². The number of benzene rings is 1. The Hall–Kier alpha value is -1.46. The molecule has 1 aliphatic rings. The van der Waals surface area contributed by atoms with E-state index in [9.17, 15) is 8.42 Å². The van der Waals surface area contributed by atoms with E-state index in [-0.39, 0.29) is 11.4 Å². The quantitative estimate of drug-likeness (QED) is 0.875. The van der Waals surface area contributed by atoms with Gasteiger partial charge in [-0.2, -0.15) is 5.26 Å². The first-order valence-corrected chi connectivity index (χ1v) is 8.04. The molecule has 1 fully saturated rings. The molecule has 0 bridgehead atoms. The van der Waals surface area contributed by atoms with E-state index < -0.39 is 15.6 Å². The van der Waals surface area contributed by atoms with E-state index in [0.717, 1.165) is 0 Å². The predicted octanol–water partition coefficient (Wildman–Crippen LogP) is 0.950. The van der Waals surface area contributed by atoms with Crippen molar-refractivity contribution in [3.8, 4) is 6.07 Å². The minimum absolute atomic E-state index is 0.158. The number of nitrogens with one attached hydrogen (secondary N) is 1. The third-order valence-electron chi connectivity index (χ3n) is 3.68. The van der Waals surface area contributed by atoms with Crippen molar-refractivity contribution in [3.63, 3.8) is 0 Å². The number of ether oxygens (including phenoxy) is 2. The van der Waals surface area contributed by atoms with Gasteiger partial charge in [0.2, 0.25) is 10.0 Å². The molecule has 1 aliphatic heterocycles. The maximum absolute atomic E-state index is 12.4. The van der Waals surface area contributed by atoms with E-state index in [2.05, 4.69) is 4.72 Å². The second kappa shape index (κ2) is 6.12. The lowest BCUT2D eigenvalue weighted by atomic mass is 10.0. The average Bonchev–Trinajstić information content (AvgIpc) is 2.94. The molecule has 0 aliphatic carbocycles. The predicted molar refractivity (Wildman–Crippen MR) is 76.3 cm³/mol. The van der Waals surface area contributed by atoms with Gasteiger partial charge in [-0.25, -0.2) is 13.1 Å². The van der Waals surface area contributed by atoms with Gasteiger partial charge >= 0.3 is 0 Å². The van der Waals surface area contributed by atoms with Crippen LogP contribution in [0.4, 0.5) is 0 Å². The SMILES string of the molecule is COC1(CNS(=O)(=O)c2ccc(C#N)cc2C)CCOC1. The topological polar surface area (TPSA) is 88.4 Å². The molecule has 1 aromatic carbocycles. The van der Waals surface area contributed by atoms with Crippen molar-refractivity contribution in [2.24, 2.45) is 0 Å². The first kappa shape index (κ1) is 15.9. The molecule has 21 heavy (non-hydrogen) atoms. The van der Waals surface area contributed by atoms with Gasteiger partial charge in [0.15, 0.2) is 0 Å². The van der Waals surface area contributed by atoms with Crippen molar-refractivity contribution in [1.82, 2.24) is 4.72 Å². The van der Waals surface area contributed by atoms with E-state index in [0.29, 0.717) is 30.8 Å². The van der Waals surface area contributed by atoms with E-state index in [1.54, 1.807) is 20.1 Å². The highest BCUT2D eigenvalue weighted by Crippen LogP contribution is 2.23. The van der Waals surface area contributed by atoms with Crippen molar-refractivity contribution >= 4 is 10.0 Å². The summed E-state index contributed by atoms with van der Waals surface area (Å²) in [6.07, 6.45) is 0.651. The lowest BCUT2D eigenvalue weighted by Crippen LogP contribution is -2.45. The summed E-state index contributed by atoms with van der Waals surface area (Å²) in [6, 6.07) is 6.48. The van der Waals surface area contributed by atoms with Crippen LogP contribution in [0.1, 0.15) is 17.5 Å². The molecule has 1 heterocycles. The fraction of sp³-hybridized carbons (Fsp3) is 0.500. The summed E-state index contributed by atoms with van der Waals surface area (Å²) in [5.41, 5.74) is 0.368. The summed E-state index contributed by atoms with van der Waals surface area (Å²) < 4.78 is 38.0. The van der Waals surface area contributed by atoms with E-state index in [1.165, 1.54) is 12.1 Å². The fourth-order valence-electron chi connectivity index (χ4n) is 2.29. The minimum atomic E-state index is -3.65. The number of methoxy groups -OCH3 is 1.